The van der Waals surface area contributed by atoms with Crippen LogP contribution in [-0.2, 0) is 0 Å². The lowest BCUT2D eigenvalue weighted by Gasteiger charge is -2.19. The number of benzene rings is 3. The second kappa shape index (κ2) is 6.58. The van der Waals surface area contributed by atoms with E-state index in [0.717, 1.165) is 16.7 Å². The van der Waals surface area contributed by atoms with E-state index in [0.29, 0.717) is 0 Å². The fraction of sp³-hybridized carbons (Fsp3) is 0.0526. The zero-order valence-electron chi connectivity index (χ0n) is 12.5. The lowest BCUT2D eigenvalue weighted by atomic mass is 9.85. The van der Waals surface area contributed by atoms with Crippen molar-refractivity contribution in [1.29, 1.82) is 0 Å². The van der Waals surface area contributed by atoms with E-state index in [4.69, 9.17) is 0 Å². The highest BCUT2D eigenvalue weighted by atomic mass is 19.1. The van der Waals surface area contributed by atoms with E-state index >= 15 is 0 Å². The van der Waals surface area contributed by atoms with Gasteiger partial charge in [0, 0.05) is 18.1 Å². The SMILES string of the molecule is O=[N+]([O-])c1ccc(C(c2ccc(F)cc2)c2ccc(F)cc2)cc1. The van der Waals surface area contributed by atoms with Crippen LogP contribution in [-0.4, -0.2) is 4.92 Å². The largest absolute Gasteiger partial charge is 0.269 e. The summed E-state index contributed by atoms with van der Waals surface area (Å²) in [6.45, 7) is 0. The highest BCUT2D eigenvalue weighted by Crippen LogP contribution is 2.33. The first-order chi connectivity index (χ1) is 11.5. The van der Waals surface area contributed by atoms with Gasteiger partial charge in [-0.1, -0.05) is 36.4 Å². The number of hydrogen-bond donors (Lipinski definition) is 0. The molecule has 3 aromatic carbocycles. The summed E-state index contributed by atoms with van der Waals surface area (Å²) in [6.07, 6.45) is 0. The summed E-state index contributed by atoms with van der Waals surface area (Å²) < 4.78 is 26.5. The van der Waals surface area contributed by atoms with Gasteiger partial charge in [-0.25, -0.2) is 8.78 Å². The molecule has 0 amide bonds. The molecule has 24 heavy (non-hydrogen) atoms. The molecule has 0 bridgehead atoms. The van der Waals surface area contributed by atoms with E-state index in [1.54, 1.807) is 36.4 Å². The van der Waals surface area contributed by atoms with Gasteiger partial charge < -0.3 is 0 Å². The van der Waals surface area contributed by atoms with Gasteiger partial charge in [0.15, 0.2) is 0 Å². The maximum atomic E-state index is 13.2. The molecule has 0 saturated carbocycles. The molecular formula is C19H13F2NO2. The summed E-state index contributed by atoms with van der Waals surface area (Å²) in [5.41, 5.74) is 2.43. The Labute approximate surface area is 137 Å². The van der Waals surface area contributed by atoms with Gasteiger partial charge in [0.05, 0.1) is 4.92 Å². The first-order valence-electron chi connectivity index (χ1n) is 7.30. The summed E-state index contributed by atoms with van der Waals surface area (Å²) in [5.74, 6) is -0.965. The van der Waals surface area contributed by atoms with Gasteiger partial charge in [0.1, 0.15) is 11.6 Å². The number of rotatable bonds is 4. The molecule has 5 heteroatoms. The fourth-order valence-corrected chi connectivity index (χ4v) is 2.68. The average Bonchev–Trinajstić information content (AvgIpc) is 2.59. The molecule has 0 aliphatic rings. The Morgan fingerprint density at radius 1 is 0.667 bits per heavy atom. The third kappa shape index (κ3) is 3.30. The number of hydrogen-bond acceptors (Lipinski definition) is 2. The van der Waals surface area contributed by atoms with Crippen molar-refractivity contribution in [2.75, 3.05) is 0 Å². The number of nitro benzene ring substituents is 1. The van der Waals surface area contributed by atoms with Gasteiger partial charge >= 0.3 is 0 Å². The third-order valence-electron chi connectivity index (χ3n) is 3.84. The van der Waals surface area contributed by atoms with Crippen LogP contribution in [0.25, 0.3) is 0 Å². The van der Waals surface area contributed by atoms with Crippen LogP contribution in [0.15, 0.2) is 72.8 Å². The molecule has 0 fully saturated rings. The Hall–Kier alpha value is -3.08. The van der Waals surface area contributed by atoms with Gasteiger partial charge in [0.25, 0.3) is 5.69 Å². The highest BCUT2D eigenvalue weighted by Gasteiger charge is 2.18. The maximum absolute atomic E-state index is 13.2. The number of nitrogens with zero attached hydrogens (tertiary/aromatic N) is 1. The first-order valence-corrected chi connectivity index (χ1v) is 7.30. The van der Waals surface area contributed by atoms with Gasteiger partial charge in [-0.3, -0.25) is 10.1 Å². The van der Waals surface area contributed by atoms with Crippen molar-refractivity contribution in [3.8, 4) is 0 Å². The molecule has 0 atom stereocenters. The van der Waals surface area contributed by atoms with Crippen molar-refractivity contribution < 1.29 is 13.7 Å². The van der Waals surface area contributed by atoms with Gasteiger partial charge in [0.2, 0.25) is 0 Å². The molecule has 0 unspecified atom stereocenters. The molecule has 0 radical (unpaired) electrons. The minimum Gasteiger partial charge on any atom is -0.258 e. The van der Waals surface area contributed by atoms with Crippen molar-refractivity contribution in [2.24, 2.45) is 0 Å². The molecule has 0 aliphatic heterocycles. The van der Waals surface area contributed by atoms with Crippen LogP contribution in [0.1, 0.15) is 22.6 Å². The van der Waals surface area contributed by atoms with Crippen LogP contribution in [0.5, 0.6) is 0 Å². The van der Waals surface area contributed by atoms with Crippen LogP contribution in [0.3, 0.4) is 0 Å². The normalized spacial score (nSPS) is 10.8. The number of non-ortho nitro benzene ring substituents is 1. The Morgan fingerprint density at radius 3 is 1.33 bits per heavy atom. The summed E-state index contributed by atoms with van der Waals surface area (Å²) in [5, 5.41) is 10.8. The summed E-state index contributed by atoms with van der Waals surface area (Å²) in [4.78, 5) is 10.4. The second-order valence-corrected chi connectivity index (χ2v) is 5.38. The van der Waals surface area contributed by atoms with Gasteiger partial charge in [-0.2, -0.15) is 0 Å². The van der Waals surface area contributed by atoms with E-state index in [1.807, 2.05) is 0 Å². The van der Waals surface area contributed by atoms with Crippen LogP contribution < -0.4 is 0 Å². The minimum absolute atomic E-state index is 0.00397. The smallest absolute Gasteiger partial charge is 0.258 e. The molecule has 3 nitrogen and oxygen atoms in total. The van der Waals surface area contributed by atoms with Gasteiger partial charge in [-0.15, -0.1) is 0 Å². The maximum Gasteiger partial charge on any atom is 0.269 e. The molecule has 120 valence electrons. The predicted octanol–water partition coefficient (Wildman–Crippen LogP) is 5.05. The van der Waals surface area contributed by atoms with Crippen LogP contribution in [0.4, 0.5) is 14.5 Å². The Kier molecular flexibility index (Phi) is 4.33. The highest BCUT2D eigenvalue weighted by molar-refractivity contribution is 5.45. The van der Waals surface area contributed by atoms with E-state index in [2.05, 4.69) is 0 Å². The van der Waals surface area contributed by atoms with Crippen LogP contribution in [0, 0.1) is 21.7 Å². The average molecular weight is 325 g/mol. The molecule has 0 saturated heterocycles. The van der Waals surface area contributed by atoms with E-state index in [-0.39, 0.29) is 23.2 Å². The van der Waals surface area contributed by atoms with Crippen LogP contribution >= 0.6 is 0 Å². The molecular weight excluding hydrogens is 312 g/mol. The van der Waals surface area contributed by atoms with E-state index in [1.165, 1.54) is 36.4 Å². The fourth-order valence-electron chi connectivity index (χ4n) is 2.68. The second-order valence-electron chi connectivity index (χ2n) is 5.38. The Balaban J connectivity index is 2.08. The quantitative estimate of drug-likeness (QED) is 0.382. The van der Waals surface area contributed by atoms with Crippen molar-refractivity contribution in [1.82, 2.24) is 0 Å². The lowest BCUT2D eigenvalue weighted by Crippen LogP contribution is -2.04. The molecule has 3 aromatic rings. The Bertz CT molecular complexity index is 799. The van der Waals surface area contributed by atoms with Crippen molar-refractivity contribution in [3.63, 3.8) is 0 Å². The molecule has 0 aliphatic carbocycles. The summed E-state index contributed by atoms with van der Waals surface area (Å²) in [7, 11) is 0. The standard InChI is InChI=1S/C19H13F2NO2/c20-16-7-1-13(2-8-16)19(14-3-9-17(21)10-4-14)15-5-11-18(12-6-15)22(23)24/h1-12,19H. The lowest BCUT2D eigenvalue weighted by molar-refractivity contribution is -0.384. The number of nitro groups is 1. The summed E-state index contributed by atoms with van der Waals surface area (Å²) >= 11 is 0. The predicted molar refractivity (Wildman–Crippen MR) is 86.8 cm³/mol. The Morgan fingerprint density at radius 2 is 1.00 bits per heavy atom. The molecule has 0 aromatic heterocycles. The van der Waals surface area contributed by atoms with Crippen molar-refractivity contribution in [2.45, 2.75) is 5.92 Å². The monoisotopic (exact) mass is 325 g/mol. The van der Waals surface area contributed by atoms with Crippen LogP contribution in [0.2, 0.25) is 0 Å². The van der Waals surface area contributed by atoms with Gasteiger partial charge in [-0.05, 0) is 41.0 Å². The van der Waals surface area contributed by atoms with E-state index in [9.17, 15) is 18.9 Å². The number of halogens is 2. The third-order valence-corrected chi connectivity index (χ3v) is 3.84. The minimum atomic E-state index is -0.464. The summed E-state index contributed by atoms with van der Waals surface area (Å²) in [6, 6.07) is 18.2. The molecule has 0 spiro atoms. The van der Waals surface area contributed by atoms with Crippen molar-refractivity contribution in [3.05, 3.63) is 111 Å². The molecule has 0 N–H and O–H groups in total. The van der Waals surface area contributed by atoms with Crippen molar-refractivity contribution >= 4 is 5.69 Å². The molecule has 3 rings (SSSR count). The first kappa shape index (κ1) is 15.8. The topological polar surface area (TPSA) is 43.1 Å². The zero-order valence-corrected chi connectivity index (χ0v) is 12.5. The molecule has 0 heterocycles. The van der Waals surface area contributed by atoms with E-state index < -0.39 is 4.92 Å². The zero-order chi connectivity index (χ0) is 17.1.